The Hall–Kier alpha value is -4.13. The zero-order chi connectivity index (χ0) is 20.3. The number of ether oxygens (including phenoxy) is 1. The molecule has 7 nitrogen and oxygen atoms in total. The van der Waals surface area contributed by atoms with Gasteiger partial charge < -0.3 is 14.9 Å². The molecule has 0 radical (unpaired) electrons. The Morgan fingerprint density at radius 1 is 0.966 bits per heavy atom. The molecule has 7 heteroatoms. The van der Waals surface area contributed by atoms with Crippen molar-refractivity contribution in [2.45, 2.75) is 0 Å². The number of furan rings is 1. The highest BCUT2D eigenvalue weighted by Crippen LogP contribution is 2.41. The van der Waals surface area contributed by atoms with Gasteiger partial charge in [0.05, 0.1) is 18.2 Å². The summed E-state index contributed by atoms with van der Waals surface area (Å²) < 4.78 is 11.2. The zero-order valence-electron chi connectivity index (χ0n) is 15.2. The molecule has 29 heavy (non-hydrogen) atoms. The lowest BCUT2D eigenvalue weighted by Crippen LogP contribution is -2.20. The minimum atomic E-state index is -0.631. The smallest absolute Gasteiger partial charge is 0.259 e. The summed E-state index contributed by atoms with van der Waals surface area (Å²) in [6.07, 6.45) is 0. The van der Waals surface area contributed by atoms with Gasteiger partial charge in [-0.05, 0) is 41.5 Å². The van der Waals surface area contributed by atoms with Gasteiger partial charge in [-0.1, -0.05) is 18.2 Å². The molecule has 0 fully saturated rings. The first-order valence-corrected chi connectivity index (χ1v) is 8.81. The van der Waals surface area contributed by atoms with Crippen LogP contribution in [0.4, 0.5) is 0 Å². The van der Waals surface area contributed by atoms with Gasteiger partial charge in [0.15, 0.2) is 0 Å². The summed E-state index contributed by atoms with van der Waals surface area (Å²) in [5.41, 5.74) is 8.03. The van der Waals surface area contributed by atoms with E-state index in [2.05, 4.69) is 5.32 Å². The molecule has 3 amide bonds. The van der Waals surface area contributed by atoms with Crippen molar-refractivity contribution in [1.82, 2.24) is 5.32 Å². The Bertz CT molecular complexity index is 1380. The number of hydrogen-bond donors (Lipinski definition) is 2. The van der Waals surface area contributed by atoms with Gasteiger partial charge in [-0.3, -0.25) is 19.7 Å². The van der Waals surface area contributed by atoms with Crippen LogP contribution in [0.2, 0.25) is 0 Å². The first-order valence-electron chi connectivity index (χ1n) is 8.81. The average Bonchev–Trinajstić information content (AvgIpc) is 3.23. The Morgan fingerprint density at radius 3 is 2.48 bits per heavy atom. The molecule has 1 aliphatic heterocycles. The van der Waals surface area contributed by atoms with Crippen LogP contribution >= 0.6 is 0 Å². The van der Waals surface area contributed by atoms with Gasteiger partial charge in [0.1, 0.15) is 16.9 Å². The van der Waals surface area contributed by atoms with E-state index in [-0.39, 0.29) is 16.7 Å². The van der Waals surface area contributed by atoms with Crippen LogP contribution in [-0.2, 0) is 0 Å². The minimum absolute atomic E-state index is 0.196. The van der Waals surface area contributed by atoms with Gasteiger partial charge in [-0.25, -0.2) is 0 Å². The number of primary amides is 1. The fourth-order valence-electron chi connectivity index (χ4n) is 3.88. The molecule has 0 saturated carbocycles. The number of fused-ring (bicyclic) bond motifs is 5. The molecule has 1 aliphatic rings. The van der Waals surface area contributed by atoms with Gasteiger partial charge in [0, 0.05) is 16.3 Å². The van der Waals surface area contributed by atoms with Gasteiger partial charge in [0.25, 0.3) is 11.8 Å². The topological polar surface area (TPSA) is 112 Å². The number of benzene rings is 3. The maximum absolute atomic E-state index is 12.7. The van der Waals surface area contributed by atoms with Crippen molar-refractivity contribution in [1.29, 1.82) is 0 Å². The quantitative estimate of drug-likeness (QED) is 0.525. The number of carbonyl (C=O) groups is 3. The van der Waals surface area contributed by atoms with E-state index in [0.717, 1.165) is 0 Å². The van der Waals surface area contributed by atoms with Crippen LogP contribution in [0.25, 0.3) is 33.1 Å². The summed E-state index contributed by atoms with van der Waals surface area (Å²) in [6.45, 7) is 0. The highest BCUT2D eigenvalue weighted by molar-refractivity contribution is 6.32. The molecule has 3 N–H and O–H groups in total. The van der Waals surface area contributed by atoms with E-state index in [9.17, 15) is 14.4 Å². The van der Waals surface area contributed by atoms with Crippen molar-refractivity contribution in [3.05, 3.63) is 65.2 Å². The first-order chi connectivity index (χ1) is 14.0. The third kappa shape index (κ3) is 2.34. The summed E-state index contributed by atoms with van der Waals surface area (Å²) in [5.74, 6) is -1.08. The molecule has 2 heterocycles. The van der Waals surface area contributed by atoms with Crippen LogP contribution in [0.3, 0.4) is 0 Å². The third-order valence-electron chi connectivity index (χ3n) is 5.13. The van der Waals surface area contributed by atoms with E-state index in [4.69, 9.17) is 14.9 Å². The molecule has 0 unspecified atom stereocenters. The molecule has 0 bridgehead atoms. The second kappa shape index (κ2) is 5.93. The number of hydrogen-bond acceptors (Lipinski definition) is 5. The second-order valence-corrected chi connectivity index (χ2v) is 6.70. The lowest BCUT2D eigenvalue weighted by atomic mass is 9.90. The Morgan fingerprint density at radius 2 is 1.72 bits per heavy atom. The Kier molecular flexibility index (Phi) is 3.48. The van der Waals surface area contributed by atoms with Crippen LogP contribution in [-0.4, -0.2) is 24.8 Å². The number of rotatable bonds is 3. The van der Waals surface area contributed by atoms with E-state index >= 15 is 0 Å². The largest absolute Gasteiger partial charge is 0.497 e. The summed E-state index contributed by atoms with van der Waals surface area (Å²) in [6, 6.07) is 13.6. The maximum Gasteiger partial charge on any atom is 0.259 e. The number of imide groups is 1. The Balaban J connectivity index is 1.95. The molecule has 3 aromatic carbocycles. The van der Waals surface area contributed by atoms with E-state index in [0.29, 0.717) is 38.8 Å². The molecule has 0 atom stereocenters. The van der Waals surface area contributed by atoms with Gasteiger partial charge in [-0.2, -0.15) is 0 Å². The minimum Gasteiger partial charge on any atom is -0.497 e. The molecular weight excluding hydrogens is 372 g/mol. The second-order valence-electron chi connectivity index (χ2n) is 6.70. The van der Waals surface area contributed by atoms with Crippen molar-refractivity contribution in [3.8, 4) is 16.9 Å². The standard InChI is InChI=1S/C22H14N2O5/c1-28-10-6-7-15-14(8-10)17-16(29-15)9-13(18-19(17)22(27)24-21(18)26)11-4-2-3-5-12(11)20(23)25/h2-9H,1H3,(H2,23,25)(H,24,26,27). The summed E-state index contributed by atoms with van der Waals surface area (Å²) >= 11 is 0. The van der Waals surface area contributed by atoms with E-state index in [1.54, 1.807) is 55.6 Å². The number of carbonyl (C=O) groups excluding carboxylic acids is 3. The molecule has 1 aromatic heterocycles. The number of amides is 3. The van der Waals surface area contributed by atoms with E-state index in [1.807, 2.05) is 0 Å². The molecule has 142 valence electrons. The number of nitrogens with one attached hydrogen (secondary N) is 1. The van der Waals surface area contributed by atoms with Crippen molar-refractivity contribution in [2.75, 3.05) is 7.11 Å². The lowest BCUT2D eigenvalue weighted by Gasteiger charge is -2.10. The molecular formula is C22H14N2O5. The molecule has 5 rings (SSSR count). The highest BCUT2D eigenvalue weighted by atomic mass is 16.5. The van der Waals surface area contributed by atoms with Gasteiger partial charge in [-0.15, -0.1) is 0 Å². The predicted molar refractivity (Wildman–Crippen MR) is 106 cm³/mol. The summed E-state index contributed by atoms with van der Waals surface area (Å²) in [4.78, 5) is 37.3. The lowest BCUT2D eigenvalue weighted by molar-refractivity contribution is 0.0879. The molecule has 4 aromatic rings. The third-order valence-corrected chi connectivity index (χ3v) is 5.13. The van der Waals surface area contributed by atoms with E-state index in [1.165, 1.54) is 0 Å². The monoisotopic (exact) mass is 386 g/mol. The zero-order valence-corrected chi connectivity index (χ0v) is 15.2. The average molecular weight is 386 g/mol. The van der Waals surface area contributed by atoms with Crippen LogP contribution in [0.1, 0.15) is 31.1 Å². The maximum atomic E-state index is 12.7. The summed E-state index contributed by atoms with van der Waals surface area (Å²) in [7, 11) is 1.54. The van der Waals surface area contributed by atoms with Crippen molar-refractivity contribution in [3.63, 3.8) is 0 Å². The fourth-order valence-corrected chi connectivity index (χ4v) is 3.88. The van der Waals surface area contributed by atoms with E-state index < -0.39 is 17.7 Å². The van der Waals surface area contributed by atoms with Gasteiger partial charge in [0.2, 0.25) is 5.91 Å². The van der Waals surface area contributed by atoms with Crippen LogP contribution in [0, 0.1) is 0 Å². The van der Waals surface area contributed by atoms with Crippen LogP contribution < -0.4 is 15.8 Å². The normalized spacial score (nSPS) is 13.0. The van der Waals surface area contributed by atoms with Crippen molar-refractivity contribution < 1.29 is 23.5 Å². The number of nitrogens with two attached hydrogens (primary N) is 1. The molecule has 0 spiro atoms. The molecule has 0 saturated heterocycles. The first kappa shape index (κ1) is 17.0. The highest BCUT2D eigenvalue weighted by Gasteiger charge is 2.35. The predicted octanol–water partition coefficient (Wildman–Crippen LogP) is 3.24. The van der Waals surface area contributed by atoms with Gasteiger partial charge >= 0.3 is 0 Å². The summed E-state index contributed by atoms with van der Waals surface area (Å²) in [5, 5.41) is 3.54. The van der Waals surface area contributed by atoms with Crippen LogP contribution in [0.5, 0.6) is 5.75 Å². The van der Waals surface area contributed by atoms with Crippen LogP contribution in [0.15, 0.2) is 52.9 Å². The number of methoxy groups -OCH3 is 1. The molecule has 0 aliphatic carbocycles. The SMILES string of the molecule is COc1ccc2oc3cc(-c4ccccc4C(N)=O)c4c(c3c2c1)C(=O)NC4=O. The van der Waals surface area contributed by atoms with Crippen molar-refractivity contribution >= 4 is 39.7 Å². The fraction of sp³-hybridized carbons (Fsp3) is 0.0455. The van der Waals surface area contributed by atoms with Crippen molar-refractivity contribution in [2.24, 2.45) is 5.73 Å². The Labute approximate surface area is 164 Å².